The van der Waals surface area contributed by atoms with E-state index in [-0.39, 0.29) is 23.8 Å². The minimum absolute atomic E-state index is 0.0747. The van der Waals surface area contributed by atoms with Gasteiger partial charge in [0, 0.05) is 25.5 Å². The highest BCUT2D eigenvalue weighted by molar-refractivity contribution is 5.92. The van der Waals surface area contributed by atoms with Gasteiger partial charge in [0.05, 0.1) is 32.3 Å². The van der Waals surface area contributed by atoms with Crippen molar-refractivity contribution < 1.29 is 66.0 Å². The predicted molar refractivity (Wildman–Crippen MR) is 157 cm³/mol. The van der Waals surface area contributed by atoms with E-state index in [1.807, 2.05) is 6.20 Å². The van der Waals surface area contributed by atoms with E-state index in [0.29, 0.717) is 6.42 Å². The van der Waals surface area contributed by atoms with Crippen LogP contribution in [0, 0.1) is 5.92 Å². The maximum absolute atomic E-state index is 13.0. The lowest BCUT2D eigenvalue weighted by Gasteiger charge is -2.19. The summed E-state index contributed by atoms with van der Waals surface area (Å²) in [4.78, 5) is 48.2. The van der Waals surface area contributed by atoms with Crippen LogP contribution in [-0.4, -0.2) is 75.2 Å². The molecule has 3 atom stereocenters. The van der Waals surface area contributed by atoms with Crippen molar-refractivity contribution in [2.24, 2.45) is 10.9 Å². The third-order valence-electron chi connectivity index (χ3n) is 7.44. The van der Waals surface area contributed by atoms with Gasteiger partial charge in [-0.25, -0.2) is 4.99 Å². The Morgan fingerprint density at radius 3 is 2.10 bits per heavy atom. The third-order valence-corrected chi connectivity index (χ3v) is 7.44. The first kappa shape index (κ1) is 39.7. The number of aliphatic carboxylic acids is 2. The quantitative estimate of drug-likeness (QED) is 0.192. The largest absolute Gasteiger partial charge is 0.542 e. The molecule has 2 aliphatic rings. The zero-order valence-corrected chi connectivity index (χ0v) is 26.2. The van der Waals surface area contributed by atoms with E-state index in [1.165, 1.54) is 15.7 Å². The van der Waals surface area contributed by atoms with Crippen LogP contribution in [0.2, 0.25) is 0 Å². The van der Waals surface area contributed by atoms with E-state index in [4.69, 9.17) is 24.8 Å². The molecule has 17 heteroatoms. The second-order valence-corrected chi connectivity index (χ2v) is 11.1. The molecular formula is C31H37F6N5O6. The minimum atomic E-state index is -5.19. The van der Waals surface area contributed by atoms with Gasteiger partial charge in [0.2, 0.25) is 17.6 Å². The maximum Gasteiger partial charge on any atom is 0.430 e. The number of hydrogen-bond donors (Lipinski definition) is 4. The molecule has 0 aromatic heterocycles. The molecule has 0 radical (unpaired) electrons. The Bertz CT molecular complexity index is 1470. The van der Waals surface area contributed by atoms with Crippen LogP contribution < -0.4 is 31.1 Å². The number of likely N-dealkylation sites (tertiary alicyclic amines) is 1. The summed E-state index contributed by atoms with van der Waals surface area (Å²) < 4.78 is 63.1. The molecule has 1 saturated heterocycles. The van der Waals surface area contributed by atoms with E-state index in [9.17, 15) is 35.9 Å². The molecule has 2 amide bonds. The van der Waals surface area contributed by atoms with Crippen LogP contribution in [0.15, 0.2) is 53.7 Å². The van der Waals surface area contributed by atoms with Crippen molar-refractivity contribution >= 4 is 46.1 Å². The Kier molecular flexibility index (Phi) is 15.0. The number of amidine groups is 1. The summed E-state index contributed by atoms with van der Waals surface area (Å²) in [6.45, 7) is 1.93. The zero-order valence-electron chi connectivity index (χ0n) is 26.2. The van der Waals surface area contributed by atoms with Gasteiger partial charge < -0.3 is 35.3 Å². The topological polar surface area (TPSA) is 172 Å². The number of fused-ring (bicyclic) bond motifs is 1. The van der Waals surface area contributed by atoms with Gasteiger partial charge in [-0.05, 0) is 35.7 Å². The Morgan fingerprint density at radius 2 is 1.56 bits per heavy atom. The number of carbonyl (C=O) groups excluding carboxylic acids is 4. The predicted octanol–water partition coefficient (Wildman–Crippen LogP) is -0.573. The number of amides is 2. The number of carboxylic acids is 2. The second-order valence-electron chi connectivity index (χ2n) is 11.1. The van der Waals surface area contributed by atoms with Crippen LogP contribution in [0.1, 0.15) is 44.1 Å². The molecule has 1 unspecified atom stereocenters. The standard InChI is InChI=1S/C27H35N5O2.2C2HF3O2/c1-28-25(33)11-5-3-4-10-23(31-27(34)22-14-15-32(2)18-22)26-29-17-24(30-26)21-13-12-19-8-6-7-9-20(19)16-21;2*3-2(4,5)1(6)7/h6-9,12-13,16-17,22-23H,3-5,10-11,14-15,18H2,1-2H3,(H,28,33)(H,29,30)(H,31,34);2*(H,6,7)/t22-,23-;;/m0../s1. The highest BCUT2D eigenvalue weighted by atomic mass is 19.4. The molecule has 1 fully saturated rings. The van der Waals surface area contributed by atoms with Gasteiger partial charge in [-0.2, -0.15) is 26.3 Å². The number of benzene rings is 2. The van der Waals surface area contributed by atoms with Gasteiger partial charge in [-0.15, -0.1) is 0 Å². The average Bonchev–Trinajstić information content (AvgIpc) is 3.69. The van der Waals surface area contributed by atoms with Crippen LogP contribution in [0.25, 0.3) is 16.5 Å². The number of hydrogen-bond acceptors (Lipinski definition) is 7. The smallest absolute Gasteiger partial charge is 0.430 e. The number of alkyl halides is 6. The van der Waals surface area contributed by atoms with Crippen molar-refractivity contribution in [3.05, 3.63) is 54.2 Å². The summed E-state index contributed by atoms with van der Waals surface area (Å²) in [5.74, 6) is -4.80. The van der Waals surface area contributed by atoms with E-state index < -0.39 is 24.3 Å². The number of nitrogens with two attached hydrogens (primary N) is 1. The van der Waals surface area contributed by atoms with E-state index >= 15 is 0 Å². The van der Waals surface area contributed by atoms with Crippen LogP contribution in [0.4, 0.5) is 26.3 Å². The molecule has 2 heterocycles. The van der Waals surface area contributed by atoms with Gasteiger partial charge in [-0.3, -0.25) is 14.9 Å². The fourth-order valence-corrected chi connectivity index (χ4v) is 4.88. The molecule has 2 aliphatic heterocycles. The Balaban J connectivity index is 0.000000479. The number of carbonyl (C=O) groups is 4. The number of aliphatic imine (C=N–C) groups is 1. The first-order valence-corrected chi connectivity index (χ1v) is 14.9. The van der Waals surface area contributed by atoms with Crippen molar-refractivity contribution in [3.8, 4) is 0 Å². The Labute approximate surface area is 272 Å². The van der Waals surface area contributed by atoms with Crippen LogP contribution in [-0.2, 0) is 19.2 Å². The molecule has 0 aliphatic carbocycles. The summed E-state index contributed by atoms with van der Waals surface area (Å²) in [6.07, 6.45) is -3.42. The van der Waals surface area contributed by atoms with Crippen molar-refractivity contribution in [2.75, 3.05) is 27.2 Å². The van der Waals surface area contributed by atoms with Crippen molar-refractivity contribution in [1.82, 2.24) is 10.6 Å². The summed E-state index contributed by atoms with van der Waals surface area (Å²) >= 11 is 0. The highest BCUT2D eigenvalue weighted by Gasteiger charge is 2.34. The Hall–Kier alpha value is -4.51. The highest BCUT2D eigenvalue weighted by Crippen LogP contribution is 2.20. The average molecular weight is 690 g/mol. The number of halogens is 6. The van der Waals surface area contributed by atoms with Gasteiger partial charge in [0.1, 0.15) is 18.0 Å². The lowest BCUT2D eigenvalue weighted by atomic mass is 10.0. The number of quaternary nitrogens is 2. The van der Waals surface area contributed by atoms with E-state index in [0.717, 1.165) is 62.3 Å². The fraction of sp³-hybridized carbons (Fsp3) is 0.452. The molecule has 48 heavy (non-hydrogen) atoms. The summed E-state index contributed by atoms with van der Waals surface area (Å²) in [6, 6.07) is 14.7. The molecule has 2 aromatic rings. The molecule has 0 bridgehead atoms. The summed E-state index contributed by atoms with van der Waals surface area (Å²) in [7, 11) is 3.82. The number of nitrogens with zero attached hydrogens (tertiary/aromatic N) is 1. The molecule has 264 valence electrons. The van der Waals surface area contributed by atoms with Crippen molar-refractivity contribution in [1.29, 1.82) is 0 Å². The summed E-state index contributed by atoms with van der Waals surface area (Å²) in [5, 5.41) is 28.1. The van der Waals surface area contributed by atoms with Crippen LogP contribution in [0.3, 0.4) is 0 Å². The zero-order chi connectivity index (χ0) is 36.1. The van der Waals surface area contributed by atoms with E-state index in [1.54, 1.807) is 7.05 Å². The minimum Gasteiger partial charge on any atom is -0.542 e. The SMILES string of the molecule is CNC(=O)CCCCC[C@H](NC(=O)[C@H]1CC[NH+](C)C1)C1=NC=C(c2ccc3ccccc3c2)[NH2+]1.O=C([O-])C(F)(F)F.O=C([O-])C(F)(F)F. The molecule has 5 N–H and O–H groups in total. The molecule has 0 saturated carbocycles. The van der Waals surface area contributed by atoms with Crippen molar-refractivity contribution in [2.45, 2.75) is 56.9 Å². The molecular weight excluding hydrogens is 652 g/mol. The lowest BCUT2D eigenvalue weighted by molar-refractivity contribution is -0.867. The van der Waals surface area contributed by atoms with E-state index in [2.05, 4.69) is 65.5 Å². The van der Waals surface area contributed by atoms with Crippen LogP contribution >= 0.6 is 0 Å². The Morgan fingerprint density at radius 1 is 0.958 bits per heavy atom. The van der Waals surface area contributed by atoms with Gasteiger partial charge in [0.15, 0.2) is 5.70 Å². The van der Waals surface area contributed by atoms with Gasteiger partial charge in [-0.1, -0.05) is 43.2 Å². The first-order chi connectivity index (χ1) is 22.4. The monoisotopic (exact) mass is 689 g/mol. The molecule has 2 aromatic carbocycles. The first-order valence-electron chi connectivity index (χ1n) is 14.9. The number of rotatable bonds is 10. The fourth-order valence-electron chi connectivity index (χ4n) is 4.88. The normalized spacial score (nSPS) is 17.9. The van der Waals surface area contributed by atoms with Gasteiger partial charge >= 0.3 is 12.4 Å². The number of nitrogens with one attached hydrogen (secondary N) is 3. The van der Waals surface area contributed by atoms with Gasteiger partial charge in [0.25, 0.3) is 0 Å². The summed E-state index contributed by atoms with van der Waals surface area (Å²) in [5.41, 5.74) is 2.21. The second kappa shape index (κ2) is 18.1. The number of carboxylic acid groups (broad SMARTS) is 2. The molecule has 11 nitrogen and oxygen atoms in total. The molecule has 0 spiro atoms. The third kappa shape index (κ3) is 13.3. The molecule has 4 rings (SSSR count). The van der Waals surface area contributed by atoms with Crippen LogP contribution in [0.5, 0.6) is 0 Å². The maximum atomic E-state index is 13.0. The number of unbranched alkanes of at least 4 members (excludes halogenated alkanes) is 2. The van der Waals surface area contributed by atoms with Crippen molar-refractivity contribution in [3.63, 3.8) is 0 Å². The lowest BCUT2D eigenvalue weighted by Crippen LogP contribution is -3.07.